The molecule has 1 saturated heterocycles. The van der Waals surface area contributed by atoms with Crippen molar-refractivity contribution in [3.63, 3.8) is 0 Å². The van der Waals surface area contributed by atoms with E-state index in [1.54, 1.807) is 39.9 Å². The fourth-order valence-corrected chi connectivity index (χ4v) is 3.37. The van der Waals surface area contributed by atoms with Crippen LogP contribution >= 0.6 is 0 Å². The second-order valence-corrected chi connectivity index (χ2v) is 7.19. The molecule has 0 radical (unpaired) electrons. The Balaban J connectivity index is 1.52. The highest BCUT2D eigenvalue weighted by Crippen LogP contribution is 2.21. The fraction of sp³-hybridized carbons (Fsp3) is 0.304. The molecule has 0 aliphatic carbocycles. The summed E-state index contributed by atoms with van der Waals surface area (Å²) in [6.45, 7) is -0.740. The maximum absolute atomic E-state index is 12.7. The highest BCUT2D eigenvalue weighted by atomic mass is 19.3. The van der Waals surface area contributed by atoms with E-state index in [1.807, 2.05) is 30.3 Å². The number of amides is 3. The summed E-state index contributed by atoms with van der Waals surface area (Å²) in [6.07, 6.45) is 2.80. The molecule has 3 amide bonds. The van der Waals surface area contributed by atoms with Gasteiger partial charge in [-0.3, -0.25) is 4.79 Å². The van der Waals surface area contributed by atoms with Crippen LogP contribution in [0.1, 0.15) is 11.1 Å². The zero-order chi connectivity index (χ0) is 22.2. The van der Waals surface area contributed by atoms with Gasteiger partial charge in [-0.25, -0.2) is 4.79 Å². The number of hydrogen-bond acceptors (Lipinski definition) is 3. The molecule has 0 bridgehead atoms. The van der Waals surface area contributed by atoms with Crippen LogP contribution in [0.25, 0.3) is 6.08 Å². The molecule has 1 heterocycles. The quantitative estimate of drug-likeness (QED) is 0.658. The fourth-order valence-electron chi connectivity index (χ4n) is 3.37. The number of carbonyl (C=O) groups excluding carboxylic acids is 2. The van der Waals surface area contributed by atoms with E-state index in [0.29, 0.717) is 38.3 Å². The number of halogens is 2. The number of carbonyl (C=O) groups is 2. The van der Waals surface area contributed by atoms with Gasteiger partial charge in [0, 0.05) is 51.4 Å². The van der Waals surface area contributed by atoms with Crippen molar-refractivity contribution >= 4 is 18.0 Å². The second kappa shape index (κ2) is 10.6. The standard InChI is InChI=1S/C23H25F2N3O3/c1-26(17-18-7-3-2-4-8-18)23(30)28-15-13-27(14-16-28)21(29)12-11-19-9-5-6-10-20(19)31-22(24)25/h2-12,22H,13-17H2,1H3/b12-11+. The first-order valence-electron chi connectivity index (χ1n) is 9.99. The molecule has 2 aromatic rings. The van der Waals surface area contributed by atoms with E-state index < -0.39 is 6.61 Å². The molecule has 164 valence electrons. The van der Waals surface area contributed by atoms with E-state index in [1.165, 1.54) is 18.2 Å². The molecular formula is C23H25F2N3O3. The Morgan fingerprint density at radius 1 is 1.00 bits per heavy atom. The lowest BCUT2D eigenvalue weighted by molar-refractivity contribution is -0.127. The average molecular weight is 429 g/mol. The lowest BCUT2D eigenvalue weighted by atomic mass is 10.2. The van der Waals surface area contributed by atoms with Crippen molar-refractivity contribution in [3.05, 3.63) is 71.8 Å². The Labute approximate surface area is 180 Å². The van der Waals surface area contributed by atoms with E-state index >= 15 is 0 Å². The number of nitrogens with zero attached hydrogens (tertiary/aromatic N) is 3. The van der Waals surface area contributed by atoms with Gasteiger partial charge in [-0.15, -0.1) is 0 Å². The maximum Gasteiger partial charge on any atom is 0.387 e. The number of para-hydroxylation sites is 1. The van der Waals surface area contributed by atoms with Crippen LogP contribution in [-0.4, -0.2) is 66.5 Å². The normalized spacial score (nSPS) is 14.2. The predicted molar refractivity (Wildman–Crippen MR) is 114 cm³/mol. The van der Waals surface area contributed by atoms with E-state index in [-0.39, 0.29) is 17.7 Å². The van der Waals surface area contributed by atoms with Gasteiger partial charge in [0.15, 0.2) is 0 Å². The van der Waals surface area contributed by atoms with Gasteiger partial charge < -0.3 is 19.4 Å². The smallest absolute Gasteiger partial charge is 0.387 e. The van der Waals surface area contributed by atoms with Crippen molar-refractivity contribution in [1.29, 1.82) is 0 Å². The molecule has 31 heavy (non-hydrogen) atoms. The van der Waals surface area contributed by atoms with E-state index in [2.05, 4.69) is 4.74 Å². The Kier molecular flexibility index (Phi) is 7.59. The lowest BCUT2D eigenvalue weighted by Gasteiger charge is -2.36. The molecule has 0 unspecified atom stereocenters. The first-order valence-corrected chi connectivity index (χ1v) is 9.99. The molecule has 0 saturated carbocycles. The summed E-state index contributed by atoms with van der Waals surface area (Å²) in [5.41, 5.74) is 1.45. The molecule has 6 nitrogen and oxygen atoms in total. The molecule has 0 N–H and O–H groups in total. The third-order valence-electron chi connectivity index (χ3n) is 4.99. The molecule has 0 aromatic heterocycles. The predicted octanol–water partition coefficient (Wildman–Crippen LogP) is 3.70. The van der Waals surface area contributed by atoms with Gasteiger partial charge in [0.1, 0.15) is 5.75 Å². The van der Waals surface area contributed by atoms with Crippen LogP contribution in [0, 0.1) is 0 Å². The Morgan fingerprint density at radius 2 is 1.61 bits per heavy atom. The molecule has 8 heteroatoms. The zero-order valence-electron chi connectivity index (χ0n) is 17.3. The van der Waals surface area contributed by atoms with Gasteiger partial charge in [0.25, 0.3) is 0 Å². The van der Waals surface area contributed by atoms with Gasteiger partial charge in [-0.2, -0.15) is 8.78 Å². The van der Waals surface area contributed by atoms with Gasteiger partial charge in [0.05, 0.1) is 0 Å². The van der Waals surface area contributed by atoms with Crippen molar-refractivity contribution in [2.24, 2.45) is 0 Å². The Morgan fingerprint density at radius 3 is 2.29 bits per heavy atom. The number of benzene rings is 2. The first-order chi connectivity index (χ1) is 14.9. The number of piperazine rings is 1. The Hall–Kier alpha value is -3.42. The molecule has 0 spiro atoms. The minimum atomic E-state index is -2.93. The largest absolute Gasteiger partial charge is 0.434 e. The summed E-state index contributed by atoms with van der Waals surface area (Å²) in [6, 6.07) is 15.9. The topological polar surface area (TPSA) is 53.1 Å². The van der Waals surface area contributed by atoms with Crippen LogP contribution in [0.5, 0.6) is 5.75 Å². The van der Waals surface area contributed by atoms with Crippen molar-refractivity contribution in [2.75, 3.05) is 33.2 Å². The van der Waals surface area contributed by atoms with E-state index in [0.717, 1.165) is 5.56 Å². The minimum absolute atomic E-state index is 0.0124. The summed E-state index contributed by atoms with van der Waals surface area (Å²) >= 11 is 0. The molecule has 1 fully saturated rings. The highest BCUT2D eigenvalue weighted by molar-refractivity contribution is 5.92. The first kappa shape index (κ1) is 22.3. The monoisotopic (exact) mass is 429 g/mol. The van der Waals surface area contributed by atoms with Crippen LogP contribution in [0.2, 0.25) is 0 Å². The molecule has 3 rings (SSSR count). The number of hydrogen-bond donors (Lipinski definition) is 0. The summed E-state index contributed by atoms with van der Waals surface area (Å²) in [4.78, 5) is 30.2. The maximum atomic E-state index is 12.7. The minimum Gasteiger partial charge on any atom is -0.434 e. The van der Waals surface area contributed by atoms with Crippen LogP contribution in [-0.2, 0) is 11.3 Å². The summed E-state index contributed by atoms with van der Waals surface area (Å²) < 4.78 is 29.5. The summed E-state index contributed by atoms with van der Waals surface area (Å²) in [5.74, 6) is -0.227. The van der Waals surface area contributed by atoms with Crippen molar-refractivity contribution in [3.8, 4) is 5.75 Å². The Bertz CT molecular complexity index is 913. The third kappa shape index (κ3) is 6.28. The van der Waals surface area contributed by atoms with Crippen molar-refractivity contribution in [1.82, 2.24) is 14.7 Å². The van der Waals surface area contributed by atoms with Crippen molar-refractivity contribution < 1.29 is 23.1 Å². The van der Waals surface area contributed by atoms with E-state index in [9.17, 15) is 18.4 Å². The lowest BCUT2D eigenvalue weighted by Crippen LogP contribution is -2.53. The van der Waals surface area contributed by atoms with Gasteiger partial charge in [0.2, 0.25) is 5.91 Å². The molecule has 2 aromatic carbocycles. The SMILES string of the molecule is CN(Cc1ccccc1)C(=O)N1CCN(C(=O)/C=C/c2ccccc2OC(F)F)CC1. The number of alkyl halides is 2. The molecule has 0 atom stereocenters. The van der Waals surface area contributed by atoms with Crippen LogP contribution in [0.4, 0.5) is 13.6 Å². The number of rotatable bonds is 6. The number of ether oxygens (including phenoxy) is 1. The van der Waals surface area contributed by atoms with Crippen LogP contribution < -0.4 is 4.74 Å². The van der Waals surface area contributed by atoms with Gasteiger partial charge in [-0.05, 0) is 17.7 Å². The van der Waals surface area contributed by atoms with Crippen LogP contribution in [0.3, 0.4) is 0 Å². The average Bonchev–Trinajstić information content (AvgIpc) is 2.78. The third-order valence-corrected chi connectivity index (χ3v) is 4.99. The zero-order valence-corrected chi connectivity index (χ0v) is 17.3. The van der Waals surface area contributed by atoms with Crippen molar-refractivity contribution in [2.45, 2.75) is 13.2 Å². The summed E-state index contributed by atoms with van der Waals surface area (Å²) in [5, 5.41) is 0. The highest BCUT2D eigenvalue weighted by Gasteiger charge is 2.25. The van der Waals surface area contributed by atoms with E-state index in [4.69, 9.17) is 0 Å². The number of urea groups is 1. The van der Waals surface area contributed by atoms with Gasteiger partial charge in [-0.1, -0.05) is 48.5 Å². The molecular weight excluding hydrogens is 404 g/mol. The second-order valence-electron chi connectivity index (χ2n) is 7.19. The summed E-state index contributed by atoms with van der Waals surface area (Å²) in [7, 11) is 1.76. The molecule has 1 aliphatic heterocycles. The van der Waals surface area contributed by atoms with Gasteiger partial charge >= 0.3 is 12.6 Å². The van der Waals surface area contributed by atoms with Crippen LogP contribution in [0.15, 0.2) is 60.7 Å². The molecule has 1 aliphatic rings.